The van der Waals surface area contributed by atoms with Crippen molar-refractivity contribution in [3.8, 4) is 5.75 Å². The summed E-state index contributed by atoms with van der Waals surface area (Å²) >= 11 is 0. The molecule has 0 atom stereocenters. The molecule has 9 heteroatoms. The Labute approximate surface area is 148 Å². The number of nitro benzene ring substituents is 1. The van der Waals surface area contributed by atoms with Gasteiger partial charge in [0.25, 0.3) is 0 Å². The molecule has 0 bridgehead atoms. The standard InChI is InChI=1S/C17H18N2O7/c1-5-26-13(20)9-7-11-15(17(21)25-4)14-10(18(11)2)6-8-12(24-3)16(14)19(22)23/h6-9H,5H2,1-4H3. The molecule has 1 aromatic heterocycles. The van der Waals surface area contributed by atoms with E-state index in [1.54, 1.807) is 24.6 Å². The number of carbonyl (C=O) groups is 2. The summed E-state index contributed by atoms with van der Waals surface area (Å²) in [7, 11) is 4.10. The number of ether oxygens (including phenoxy) is 3. The first-order valence-electron chi connectivity index (χ1n) is 7.64. The highest BCUT2D eigenvalue weighted by Crippen LogP contribution is 2.40. The fraction of sp³-hybridized carbons (Fsp3) is 0.294. The number of nitrogens with zero attached hydrogens (tertiary/aromatic N) is 2. The smallest absolute Gasteiger partial charge is 0.340 e. The predicted molar refractivity (Wildman–Crippen MR) is 93.1 cm³/mol. The maximum absolute atomic E-state index is 12.4. The van der Waals surface area contributed by atoms with Gasteiger partial charge in [0.2, 0.25) is 0 Å². The Kier molecular flexibility index (Phi) is 5.61. The van der Waals surface area contributed by atoms with Crippen molar-refractivity contribution in [2.45, 2.75) is 6.92 Å². The average Bonchev–Trinajstić information content (AvgIpc) is 2.90. The number of aromatic nitrogens is 1. The van der Waals surface area contributed by atoms with Crippen LogP contribution < -0.4 is 4.74 Å². The fourth-order valence-corrected chi connectivity index (χ4v) is 2.70. The molecule has 1 heterocycles. The second-order valence-corrected chi connectivity index (χ2v) is 5.16. The Morgan fingerprint density at radius 2 is 2.00 bits per heavy atom. The van der Waals surface area contributed by atoms with Crippen molar-refractivity contribution in [2.24, 2.45) is 7.05 Å². The summed E-state index contributed by atoms with van der Waals surface area (Å²) < 4.78 is 16.2. The molecule has 0 fully saturated rings. The normalized spacial score (nSPS) is 10.9. The van der Waals surface area contributed by atoms with Crippen LogP contribution in [0.4, 0.5) is 5.69 Å². The van der Waals surface area contributed by atoms with Crippen LogP contribution in [-0.4, -0.2) is 42.3 Å². The Balaban J connectivity index is 2.86. The van der Waals surface area contributed by atoms with E-state index < -0.39 is 16.9 Å². The second kappa shape index (κ2) is 7.68. The summed E-state index contributed by atoms with van der Waals surface area (Å²) in [5, 5.41) is 11.7. The summed E-state index contributed by atoms with van der Waals surface area (Å²) in [6.07, 6.45) is 2.51. The van der Waals surface area contributed by atoms with Crippen molar-refractivity contribution < 1.29 is 28.7 Å². The number of rotatable bonds is 6. The highest BCUT2D eigenvalue weighted by Gasteiger charge is 2.30. The molecule has 26 heavy (non-hydrogen) atoms. The molecule has 2 aromatic rings. The molecular formula is C17H18N2O7. The van der Waals surface area contributed by atoms with Gasteiger partial charge in [0, 0.05) is 13.1 Å². The number of hydrogen-bond donors (Lipinski definition) is 0. The van der Waals surface area contributed by atoms with Crippen molar-refractivity contribution in [3.05, 3.63) is 39.6 Å². The molecule has 0 spiro atoms. The van der Waals surface area contributed by atoms with Crippen LogP contribution in [0, 0.1) is 10.1 Å². The Morgan fingerprint density at radius 3 is 2.54 bits per heavy atom. The number of nitro groups is 1. The SMILES string of the molecule is CCOC(=O)C=Cc1c(C(=O)OC)c2c([N+](=O)[O-])c(OC)ccc2n1C. The summed E-state index contributed by atoms with van der Waals surface area (Å²) in [6, 6.07) is 3.04. The van der Waals surface area contributed by atoms with Gasteiger partial charge in [0.05, 0.1) is 47.9 Å². The lowest BCUT2D eigenvalue weighted by molar-refractivity contribution is -0.384. The fourth-order valence-electron chi connectivity index (χ4n) is 2.70. The largest absolute Gasteiger partial charge is 0.490 e. The first-order valence-corrected chi connectivity index (χ1v) is 7.64. The van der Waals surface area contributed by atoms with Crippen LogP contribution in [0.25, 0.3) is 17.0 Å². The first-order chi connectivity index (χ1) is 12.4. The van der Waals surface area contributed by atoms with Crippen LogP contribution in [0.15, 0.2) is 18.2 Å². The summed E-state index contributed by atoms with van der Waals surface area (Å²) in [5.74, 6) is -1.35. The lowest BCUT2D eigenvalue weighted by atomic mass is 10.1. The van der Waals surface area contributed by atoms with Gasteiger partial charge in [0.1, 0.15) is 0 Å². The molecule has 0 N–H and O–H groups in total. The average molecular weight is 362 g/mol. The number of methoxy groups -OCH3 is 2. The summed E-state index contributed by atoms with van der Waals surface area (Å²) in [6.45, 7) is 1.86. The minimum absolute atomic E-state index is 0.0131. The van der Waals surface area contributed by atoms with E-state index in [1.807, 2.05) is 0 Å². The van der Waals surface area contributed by atoms with Gasteiger partial charge in [-0.3, -0.25) is 10.1 Å². The van der Waals surface area contributed by atoms with Crippen molar-refractivity contribution in [1.29, 1.82) is 0 Å². The Bertz CT molecular complexity index is 912. The topological polar surface area (TPSA) is 110 Å². The van der Waals surface area contributed by atoms with Gasteiger partial charge in [-0.1, -0.05) is 0 Å². The van der Waals surface area contributed by atoms with Crippen molar-refractivity contribution in [3.63, 3.8) is 0 Å². The Hall–Kier alpha value is -3.36. The third-order valence-corrected chi connectivity index (χ3v) is 3.80. The third kappa shape index (κ3) is 3.23. The highest BCUT2D eigenvalue weighted by molar-refractivity contribution is 6.12. The molecule has 0 aliphatic carbocycles. The van der Waals surface area contributed by atoms with Crippen LogP contribution in [-0.2, 0) is 21.3 Å². The van der Waals surface area contributed by atoms with Crippen LogP contribution in [0.5, 0.6) is 5.75 Å². The molecule has 0 aliphatic heterocycles. The monoisotopic (exact) mass is 362 g/mol. The molecule has 0 saturated heterocycles. The number of benzene rings is 1. The lowest BCUT2D eigenvalue weighted by Crippen LogP contribution is -2.05. The van der Waals surface area contributed by atoms with Gasteiger partial charge < -0.3 is 18.8 Å². The van der Waals surface area contributed by atoms with Gasteiger partial charge in [-0.05, 0) is 25.1 Å². The van der Waals surface area contributed by atoms with Crippen LogP contribution in [0.1, 0.15) is 23.0 Å². The minimum Gasteiger partial charge on any atom is -0.490 e. The zero-order valence-electron chi connectivity index (χ0n) is 14.8. The molecule has 2 rings (SSSR count). The van der Waals surface area contributed by atoms with E-state index in [9.17, 15) is 19.7 Å². The molecule has 1 aromatic carbocycles. The van der Waals surface area contributed by atoms with Crippen LogP contribution in [0.2, 0.25) is 0 Å². The van der Waals surface area contributed by atoms with Gasteiger partial charge in [-0.25, -0.2) is 9.59 Å². The Morgan fingerprint density at radius 1 is 1.31 bits per heavy atom. The second-order valence-electron chi connectivity index (χ2n) is 5.16. The number of carbonyl (C=O) groups excluding carboxylic acids is 2. The quantitative estimate of drug-likeness (QED) is 0.336. The maximum atomic E-state index is 12.4. The van der Waals surface area contributed by atoms with E-state index in [4.69, 9.17) is 14.2 Å². The van der Waals surface area contributed by atoms with Crippen LogP contribution >= 0.6 is 0 Å². The molecule has 138 valence electrons. The zero-order valence-corrected chi connectivity index (χ0v) is 14.8. The number of esters is 2. The molecule has 0 radical (unpaired) electrons. The number of hydrogen-bond acceptors (Lipinski definition) is 7. The molecule has 0 amide bonds. The molecule has 0 unspecified atom stereocenters. The van der Waals surface area contributed by atoms with E-state index in [1.165, 1.54) is 26.4 Å². The third-order valence-electron chi connectivity index (χ3n) is 3.80. The number of fused-ring (bicyclic) bond motifs is 1. The van der Waals surface area contributed by atoms with Gasteiger partial charge in [-0.2, -0.15) is 0 Å². The van der Waals surface area contributed by atoms with Crippen molar-refractivity contribution in [1.82, 2.24) is 4.57 Å². The molecule has 9 nitrogen and oxygen atoms in total. The zero-order chi connectivity index (χ0) is 19.4. The van der Waals surface area contributed by atoms with Gasteiger partial charge in [-0.15, -0.1) is 0 Å². The van der Waals surface area contributed by atoms with E-state index in [0.717, 1.165) is 6.08 Å². The van der Waals surface area contributed by atoms with E-state index in [0.29, 0.717) is 5.52 Å². The summed E-state index contributed by atoms with van der Waals surface area (Å²) in [5.41, 5.74) is 0.311. The van der Waals surface area contributed by atoms with Gasteiger partial charge >= 0.3 is 17.6 Å². The first kappa shape index (κ1) is 19.0. The van der Waals surface area contributed by atoms with Crippen molar-refractivity contribution in [2.75, 3.05) is 20.8 Å². The molecular weight excluding hydrogens is 344 g/mol. The van der Waals surface area contributed by atoms with Gasteiger partial charge in [0.15, 0.2) is 5.75 Å². The van der Waals surface area contributed by atoms with E-state index in [-0.39, 0.29) is 34.7 Å². The lowest BCUT2D eigenvalue weighted by Gasteiger charge is -2.04. The molecule has 0 aliphatic rings. The number of aryl methyl sites for hydroxylation is 1. The minimum atomic E-state index is -0.768. The van der Waals surface area contributed by atoms with E-state index in [2.05, 4.69) is 0 Å². The maximum Gasteiger partial charge on any atom is 0.340 e. The highest BCUT2D eigenvalue weighted by atomic mass is 16.6. The summed E-state index contributed by atoms with van der Waals surface area (Å²) in [4.78, 5) is 34.9. The van der Waals surface area contributed by atoms with Crippen molar-refractivity contribution >= 4 is 34.6 Å². The van der Waals surface area contributed by atoms with Crippen LogP contribution in [0.3, 0.4) is 0 Å². The predicted octanol–water partition coefficient (Wildman–Crippen LogP) is 2.46. The van der Waals surface area contributed by atoms with E-state index >= 15 is 0 Å². The molecule has 0 saturated carbocycles.